The summed E-state index contributed by atoms with van der Waals surface area (Å²) < 4.78 is 39.6. The molecule has 0 unspecified atom stereocenters. The molecule has 3 rings (SSSR count). The van der Waals surface area contributed by atoms with E-state index in [4.69, 9.17) is 10.8 Å². The van der Waals surface area contributed by atoms with Crippen molar-refractivity contribution in [1.82, 2.24) is 9.97 Å². The predicted octanol–water partition coefficient (Wildman–Crippen LogP) is 4.19. The average Bonchev–Trinajstić information content (AvgIpc) is 2.61. The number of anilines is 3. The SMILES string of the molecule is Nc1nc(Nc2ccc(C(=O)O)cc2)ncc1-c1ccccc1C(F)(F)F. The average molecular weight is 374 g/mol. The number of nitrogens with one attached hydrogen (secondary N) is 1. The van der Waals surface area contributed by atoms with Gasteiger partial charge in [-0.25, -0.2) is 9.78 Å². The molecule has 0 spiro atoms. The topological polar surface area (TPSA) is 101 Å². The van der Waals surface area contributed by atoms with Gasteiger partial charge in [-0.3, -0.25) is 0 Å². The molecule has 0 saturated carbocycles. The number of nitrogens with zero attached hydrogens (tertiary/aromatic N) is 2. The van der Waals surface area contributed by atoms with Gasteiger partial charge in [-0.1, -0.05) is 18.2 Å². The standard InChI is InChI=1S/C18H13F3N4O2/c19-18(20,21)14-4-2-1-3-12(14)13-9-23-17(25-15(13)22)24-11-7-5-10(6-8-11)16(26)27/h1-9H,(H,26,27)(H3,22,23,24,25). The lowest BCUT2D eigenvalue weighted by atomic mass is 10.0. The molecule has 6 nitrogen and oxygen atoms in total. The van der Waals surface area contributed by atoms with E-state index in [0.717, 1.165) is 6.07 Å². The number of carboxylic acid groups (broad SMARTS) is 1. The van der Waals surface area contributed by atoms with Crippen molar-refractivity contribution < 1.29 is 23.1 Å². The maximum atomic E-state index is 13.2. The largest absolute Gasteiger partial charge is 0.478 e. The first kappa shape index (κ1) is 18.2. The molecule has 0 aliphatic heterocycles. The van der Waals surface area contributed by atoms with Crippen LogP contribution < -0.4 is 11.1 Å². The summed E-state index contributed by atoms with van der Waals surface area (Å²) in [5, 5.41) is 11.7. The fourth-order valence-electron chi connectivity index (χ4n) is 2.45. The Hall–Kier alpha value is -3.62. The minimum absolute atomic E-state index is 0.0645. The molecule has 0 amide bonds. The number of carboxylic acids is 1. The zero-order chi connectivity index (χ0) is 19.6. The molecule has 0 aliphatic carbocycles. The maximum Gasteiger partial charge on any atom is 0.417 e. The predicted molar refractivity (Wildman–Crippen MR) is 93.6 cm³/mol. The third kappa shape index (κ3) is 3.97. The number of nitrogens with two attached hydrogens (primary N) is 1. The van der Waals surface area contributed by atoms with Crippen molar-refractivity contribution in [2.45, 2.75) is 6.18 Å². The Bertz CT molecular complexity index is 989. The van der Waals surface area contributed by atoms with Gasteiger partial charge in [-0.2, -0.15) is 18.2 Å². The number of hydrogen-bond donors (Lipinski definition) is 3. The van der Waals surface area contributed by atoms with Gasteiger partial charge in [-0.05, 0) is 35.9 Å². The normalized spacial score (nSPS) is 11.2. The minimum Gasteiger partial charge on any atom is -0.478 e. The first-order valence-electron chi connectivity index (χ1n) is 7.65. The molecule has 3 aromatic rings. The number of alkyl halides is 3. The Morgan fingerprint density at radius 2 is 1.70 bits per heavy atom. The van der Waals surface area contributed by atoms with Crippen LogP contribution in [0.5, 0.6) is 0 Å². The molecule has 27 heavy (non-hydrogen) atoms. The van der Waals surface area contributed by atoms with Gasteiger partial charge in [0, 0.05) is 17.4 Å². The van der Waals surface area contributed by atoms with E-state index in [1.807, 2.05) is 0 Å². The number of aromatic nitrogens is 2. The summed E-state index contributed by atoms with van der Waals surface area (Å²) in [6.07, 6.45) is -3.33. The van der Waals surface area contributed by atoms with E-state index in [0.29, 0.717) is 5.69 Å². The Morgan fingerprint density at radius 1 is 1.04 bits per heavy atom. The summed E-state index contributed by atoms with van der Waals surface area (Å²) in [5.41, 5.74) is 5.59. The fourth-order valence-corrected chi connectivity index (χ4v) is 2.45. The summed E-state index contributed by atoms with van der Waals surface area (Å²) in [5.74, 6) is -1.11. The molecule has 4 N–H and O–H groups in total. The fraction of sp³-hybridized carbons (Fsp3) is 0.0556. The molecular weight excluding hydrogens is 361 g/mol. The molecule has 0 saturated heterocycles. The van der Waals surface area contributed by atoms with Gasteiger partial charge in [0.25, 0.3) is 0 Å². The third-order valence-electron chi connectivity index (χ3n) is 3.73. The Balaban J connectivity index is 1.90. The van der Waals surface area contributed by atoms with Crippen LogP contribution in [0, 0.1) is 0 Å². The molecule has 2 aromatic carbocycles. The van der Waals surface area contributed by atoms with E-state index >= 15 is 0 Å². The van der Waals surface area contributed by atoms with Crippen LogP contribution in [0.25, 0.3) is 11.1 Å². The Morgan fingerprint density at radius 3 is 2.30 bits per heavy atom. The smallest absolute Gasteiger partial charge is 0.417 e. The summed E-state index contributed by atoms with van der Waals surface area (Å²) >= 11 is 0. The van der Waals surface area contributed by atoms with Crippen LogP contribution >= 0.6 is 0 Å². The number of aromatic carboxylic acids is 1. The molecule has 138 valence electrons. The van der Waals surface area contributed by atoms with Crippen molar-refractivity contribution in [2.75, 3.05) is 11.1 Å². The maximum absolute atomic E-state index is 13.2. The van der Waals surface area contributed by atoms with Crippen molar-refractivity contribution in [3.05, 3.63) is 65.9 Å². The van der Waals surface area contributed by atoms with E-state index in [9.17, 15) is 18.0 Å². The van der Waals surface area contributed by atoms with Gasteiger partial charge >= 0.3 is 12.1 Å². The first-order valence-corrected chi connectivity index (χ1v) is 7.65. The molecule has 0 fully saturated rings. The van der Waals surface area contributed by atoms with Crippen LogP contribution in [0.2, 0.25) is 0 Å². The second-order valence-electron chi connectivity index (χ2n) is 5.54. The molecule has 0 aliphatic rings. The zero-order valence-corrected chi connectivity index (χ0v) is 13.7. The molecule has 0 radical (unpaired) electrons. The molecule has 1 heterocycles. The van der Waals surface area contributed by atoms with Gasteiger partial charge < -0.3 is 16.2 Å². The van der Waals surface area contributed by atoms with E-state index in [2.05, 4.69) is 15.3 Å². The lowest BCUT2D eigenvalue weighted by Crippen LogP contribution is -2.09. The van der Waals surface area contributed by atoms with Crippen molar-refractivity contribution in [1.29, 1.82) is 0 Å². The van der Waals surface area contributed by atoms with Gasteiger partial charge in [0.05, 0.1) is 11.1 Å². The summed E-state index contributed by atoms with van der Waals surface area (Å²) in [7, 11) is 0. The Labute approximate surface area is 151 Å². The zero-order valence-electron chi connectivity index (χ0n) is 13.7. The second-order valence-corrected chi connectivity index (χ2v) is 5.54. The van der Waals surface area contributed by atoms with Crippen LogP contribution in [0.15, 0.2) is 54.7 Å². The number of nitrogen functional groups attached to an aromatic ring is 1. The number of benzene rings is 2. The van der Waals surface area contributed by atoms with Gasteiger partial charge in [0.15, 0.2) is 0 Å². The second kappa shape index (κ2) is 6.94. The highest BCUT2D eigenvalue weighted by atomic mass is 19.4. The molecule has 0 bridgehead atoms. The number of hydrogen-bond acceptors (Lipinski definition) is 5. The number of rotatable bonds is 4. The Kier molecular flexibility index (Phi) is 4.68. The van der Waals surface area contributed by atoms with E-state index in [-0.39, 0.29) is 28.5 Å². The van der Waals surface area contributed by atoms with E-state index < -0.39 is 17.7 Å². The van der Waals surface area contributed by atoms with Gasteiger partial charge in [0.1, 0.15) is 5.82 Å². The third-order valence-corrected chi connectivity index (χ3v) is 3.73. The molecule has 1 aromatic heterocycles. The highest BCUT2D eigenvalue weighted by Crippen LogP contribution is 2.38. The van der Waals surface area contributed by atoms with Crippen molar-refractivity contribution in [2.24, 2.45) is 0 Å². The monoisotopic (exact) mass is 374 g/mol. The summed E-state index contributed by atoms with van der Waals surface area (Å²) in [6.45, 7) is 0. The van der Waals surface area contributed by atoms with Crippen LogP contribution in [0.4, 0.5) is 30.6 Å². The number of carbonyl (C=O) groups is 1. The lowest BCUT2D eigenvalue weighted by molar-refractivity contribution is -0.137. The molecule has 0 atom stereocenters. The van der Waals surface area contributed by atoms with Crippen molar-refractivity contribution in [3.8, 4) is 11.1 Å². The van der Waals surface area contributed by atoms with Crippen LogP contribution in [0.3, 0.4) is 0 Å². The van der Waals surface area contributed by atoms with Crippen LogP contribution in [0.1, 0.15) is 15.9 Å². The molecular formula is C18H13F3N4O2. The first-order chi connectivity index (χ1) is 12.8. The highest BCUT2D eigenvalue weighted by molar-refractivity contribution is 5.88. The van der Waals surface area contributed by atoms with Crippen LogP contribution in [-0.4, -0.2) is 21.0 Å². The van der Waals surface area contributed by atoms with Crippen molar-refractivity contribution >= 4 is 23.4 Å². The summed E-state index contributed by atoms with van der Waals surface area (Å²) in [6, 6.07) is 10.8. The van der Waals surface area contributed by atoms with E-state index in [1.165, 1.54) is 48.7 Å². The minimum atomic E-state index is -4.54. The van der Waals surface area contributed by atoms with Crippen molar-refractivity contribution in [3.63, 3.8) is 0 Å². The summed E-state index contributed by atoms with van der Waals surface area (Å²) in [4.78, 5) is 18.8. The molecule has 9 heteroatoms. The number of halogens is 3. The van der Waals surface area contributed by atoms with Gasteiger partial charge in [0.2, 0.25) is 5.95 Å². The highest BCUT2D eigenvalue weighted by Gasteiger charge is 2.33. The van der Waals surface area contributed by atoms with E-state index in [1.54, 1.807) is 0 Å². The quantitative estimate of drug-likeness (QED) is 0.633. The lowest BCUT2D eigenvalue weighted by Gasteiger charge is -2.14. The van der Waals surface area contributed by atoms with Crippen LogP contribution in [-0.2, 0) is 6.18 Å². The van der Waals surface area contributed by atoms with Gasteiger partial charge in [-0.15, -0.1) is 0 Å².